The van der Waals surface area contributed by atoms with Crippen molar-refractivity contribution in [2.45, 2.75) is 82.5 Å². The average molecular weight is 664 g/mol. The maximum atomic E-state index is 14.8. The van der Waals surface area contributed by atoms with Crippen LogP contribution in [0.1, 0.15) is 50.2 Å². The number of hydrogen-bond donors (Lipinski definition) is 2. The molecule has 0 aliphatic carbocycles. The van der Waals surface area contributed by atoms with Crippen molar-refractivity contribution < 1.29 is 22.3 Å². The molecule has 1 aromatic carbocycles. The van der Waals surface area contributed by atoms with Crippen LogP contribution < -0.4 is 15.0 Å². The van der Waals surface area contributed by atoms with E-state index >= 15 is 0 Å². The molecule has 5 aromatic rings. The largest absolute Gasteiger partial charge is 0.461 e. The van der Waals surface area contributed by atoms with Crippen LogP contribution in [0.4, 0.5) is 23.4 Å². The highest BCUT2D eigenvalue weighted by Crippen LogP contribution is 2.47. The molecule has 4 aliphatic rings. The van der Waals surface area contributed by atoms with Crippen LogP contribution in [0, 0.1) is 6.92 Å². The Bertz CT molecular complexity index is 2060. The molecule has 0 spiro atoms. The molecule has 2 N–H and O–H groups in total. The number of aromatic nitrogens is 6. The van der Waals surface area contributed by atoms with E-state index in [0.717, 1.165) is 56.1 Å². The van der Waals surface area contributed by atoms with Crippen LogP contribution in [0.15, 0.2) is 24.5 Å². The van der Waals surface area contributed by atoms with Crippen LogP contribution in [0.3, 0.4) is 0 Å². The Kier molecular flexibility index (Phi) is 6.72. The molecule has 48 heavy (non-hydrogen) atoms. The Labute approximate surface area is 273 Å². The zero-order valence-corrected chi connectivity index (χ0v) is 26.9. The summed E-state index contributed by atoms with van der Waals surface area (Å²) in [5, 5.41) is 12.5. The first-order chi connectivity index (χ1) is 23.1. The first-order valence-corrected chi connectivity index (χ1v) is 16.9. The number of rotatable bonds is 6. The van der Waals surface area contributed by atoms with Crippen LogP contribution in [-0.2, 0) is 12.7 Å². The second kappa shape index (κ2) is 10.7. The van der Waals surface area contributed by atoms with Crippen molar-refractivity contribution in [1.82, 2.24) is 39.9 Å². The van der Waals surface area contributed by atoms with Gasteiger partial charge in [0.05, 0.1) is 39.4 Å². The molecule has 4 fully saturated rings. The van der Waals surface area contributed by atoms with E-state index in [9.17, 15) is 17.6 Å². The Morgan fingerprint density at radius 1 is 1.10 bits per heavy atom. The fraction of sp³-hybridized carbons (Fsp3) is 0.529. The zero-order chi connectivity index (χ0) is 32.9. The minimum atomic E-state index is -4.63. The molecular formula is C34H37F4N9O. The molecule has 4 aromatic heterocycles. The fourth-order valence-corrected chi connectivity index (χ4v) is 9.13. The molecule has 0 amide bonds. The first kappa shape index (κ1) is 30.1. The number of aromatic amines is 1. The van der Waals surface area contributed by atoms with Gasteiger partial charge in [0.15, 0.2) is 5.65 Å². The minimum Gasteiger partial charge on any atom is -0.461 e. The van der Waals surface area contributed by atoms with Crippen LogP contribution in [0.5, 0.6) is 6.01 Å². The number of nitrogens with zero attached hydrogens (tertiary/aromatic N) is 7. The Morgan fingerprint density at radius 3 is 2.69 bits per heavy atom. The van der Waals surface area contributed by atoms with Gasteiger partial charge in [-0.05, 0) is 63.8 Å². The van der Waals surface area contributed by atoms with E-state index < -0.39 is 17.9 Å². The number of anilines is 1. The number of fused-ring (bicyclic) bond motifs is 7. The van der Waals surface area contributed by atoms with E-state index in [1.54, 1.807) is 6.20 Å². The number of hydrogen-bond acceptors (Lipinski definition) is 8. The van der Waals surface area contributed by atoms with E-state index in [-0.39, 0.29) is 35.0 Å². The number of benzene rings is 1. The highest BCUT2D eigenvalue weighted by Gasteiger charge is 2.49. The third-order valence-electron chi connectivity index (χ3n) is 11.1. The van der Waals surface area contributed by atoms with E-state index in [1.165, 1.54) is 19.2 Å². The Balaban J connectivity index is 1.28. The number of alkyl halides is 4. The van der Waals surface area contributed by atoms with Gasteiger partial charge in [-0.2, -0.15) is 28.2 Å². The average Bonchev–Trinajstić information content (AvgIpc) is 3.86. The SMILES string of the molecule is CCn1c2nc(OC[C@@]34CCCN3C[C@H](F)C4)nc(N3C[C@H]4CC[C@@H](C3)N4)c2c2ccnc(-c3c(C(F)(F)F)c(C)cc4[nH]ncc34)c21. The Morgan fingerprint density at radius 2 is 1.92 bits per heavy atom. The smallest absolute Gasteiger partial charge is 0.417 e. The lowest BCUT2D eigenvalue weighted by molar-refractivity contribution is -0.137. The second-order valence-corrected chi connectivity index (χ2v) is 14.0. The summed E-state index contributed by atoms with van der Waals surface area (Å²) in [4.78, 5) is 19.1. The third kappa shape index (κ3) is 4.51. The maximum Gasteiger partial charge on any atom is 0.417 e. The van der Waals surface area contributed by atoms with Gasteiger partial charge in [-0.15, -0.1) is 0 Å². The van der Waals surface area contributed by atoms with E-state index in [2.05, 4.69) is 30.3 Å². The monoisotopic (exact) mass is 663 g/mol. The first-order valence-electron chi connectivity index (χ1n) is 16.9. The van der Waals surface area contributed by atoms with Gasteiger partial charge in [0, 0.05) is 67.2 Å². The second-order valence-electron chi connectivity index (χ2n) is 14.0. The summed E-state index contributed by atoms with van der Waals surface area (Å²) < 4.78 is 67.5. The van der Waals surface area contributed by atoms with Crippen LogP contribution >= 0.6 is 0 Å². The lowest BCUT2D eigenvalue weighted by atomic mass is 9.94. The molecule has 9 rings (SSSR count). The lowest BCUT2D eigenvalue weighted by Crippen LogP contribution is -2.51. The van der Waals surface area contributed by atoms with Gasteiger partial charge in [0.1, 0.15) is 18.6 Å². The van der Waals surface area contributed by atoms with E-state index in [4.69, 9.17) is 14.7 Å². The summed E-state index contributed by atoms with van der Waals surface area (Å²) in [7, 11) is 0. The number of aryl methyl sites for hydroxylation is 2. The van der Waals surface area contributed by atoms with Gasteiger partial charge >= 0.3 is 12.2 Å². The number of nitrogens with one attached hydrogen (secondary N) is 2. The van der Waals surface area contributed by atoms with Crippen molar-refractivity contribution in [1.29, 1.82) is 0 Å². The van der Waals surface area contributed by atoms with E-state index in [0.29, 0.717) is 59.5 Å². The molecule has 2 bridgehead atoms. The molecule has 4 atom stereocenters. The van der Waals surface area contributed by atoms with Crippen molar-refractivity contribution >= 4 is 38.7 Å². The lowest BCUT2D eigenvalue weighted by Gasteiger charge is -2.34. The number of H-pyrrole nitrogens is 1. The molecule has 0 unspecified atom stereocenters. The summed E-state index contributed by atoms with van der Waals surface area (Å²) in [5.41, 5.74) is 0.804. The van der Waals surface area contributed by atoms with Gasteiger partial charge in [0.2, 0.25) is 0 Å². The highest BCUT2D eigenvalue weighted by molar-refractivity contribution is 6.16. The summed E-state index contributed by atoms with van der Waals surface area (Å²) >= 11 is 0. The molecule has 4 aliphatic heterocycles. The number of piperazine rings is 1. The molecule has 252 valence electrons. The fourth-order valence-electron chi connectivity index (χ4n) is 9.13. The van der Waals surface area contributed by atoms with Crippen LogP contribution in [0.25, 0.3) is 44.1 Å². The van der Waals surface area contributed by atoms with Crippen molar-refractivity contribution in [2.75, 3.05) is 37.7 Å². The minimum absolute atomic E-state index is 0.0111. The molecule has 0 saturated carbocycles. The van der Waals surface area contributed by atoms with Crippen molar-refractivity contribution in [3.05, 3.63) is 35.7 Å². The predicted molar refractivity (Wildman–Crippen MR) is 174 cm³/mol. The summed E-state index contributed by atoms with van der Waals surface area (Å²) in [6, 6.07) is 4.16. The normalized spacial score (nSPS) is 26.0. The van der Waals surface area contributed by atoms with Gasteiger partial charge in [-0.25, -0.2) is 4.39 Å². The van der Waals surface area contributed by atoms with Crippen molar-refractivity contribution in [3.63, 3.8) is 0 Å². The standard InChI is InChI=1S/C34H37F4N9O/c1-3-47-29-22(7-9-39-28(29)25-23-13-40-44-24(23)11-18(2)27(25)34(36,37)38)26-30(45-15-20-5-6-21(16-45)41-20)42-32(43-31(26)47)48-17-33-8-4-10-46(33)14-19(35)12-33/h7,9,11,13,19-21,41H,3-6,8,10,12,14-17H2,1-2H3,(H,40,44)/t19-,20-,21+,33+/m1/s1. The quantitative estimate of drug-likeness (QED) is 0.221. The van der Waals surface area contributed by atoms with Gasteiger partial charge < -0.3 is 19.5 Å². The molecule has 14 heteroatoms. The molecule has 4 saturated heterocycles. The summed E-state index contributed by atoms with van der Waals surface area (Å²) in [6.07, 6.45) is 1.90. The summed E-state index contributed by atoms with van der Waals surface area (Å²) in [6.45, 7) is 6.87. The number of ether oxygens (including phenoxy) is 1. The molecule has 8 heterocycles. The van der Waals surface area contributed by atoms with Gasteiger partial charge in [-0.1, -0.05) is 0 Å². The van der Waals surface area contributed by atoms with E-state index in [1.807, 2.05) is 17.6 Å². The molecular weight excluding hydrogens is 626 g/mol. The number of halogens is 4. The topological polar surface area (TPSA) is 100 Å². The molecule has 0 radical (unpaired) electrons. The van der Waals surface area contributed by atoms with Crippen LogP contribution in [-0.4, -0.2) is 91.2 Å². The highest BCUT2D eigenvalue weighted by atomic mass is 19.4. The van der Waals surface area contributed by atoms with Gasteiger partial charge in [-0.3, -0.25) is 15.0 Å². The van der Waals surface area contributed by atoms with Crippen molar-refractivity contribution in [3.8, 4) is 17.3 Å². The zero-order valence-electron chi connectivity index (χ0n) is 26.9. The Hall–Kier alpha value is -4.04. The predicted octanol–water partition coefficient (Wildman–Crippen LogP) is 5.77. The van der Waals surface area contributed by atoms with Gasteiger partial charge in [0.25, 0.3) is 0 Å². The molecule has 10 nitrogen and oxygen atoms in total. The maximum absolute atomic E-state index is 14.8. The number of pyridine rings is 1. The third-order valence-corrected chi connectivity index (χ3v) is 11.1. The summed E-state index contributed by atoms with van der Waals surface area (Å²) in [5.74, 6) is 0.701. The van der Waals surface area contributed by atoms with Crippen LogP contribution in [0.2, 0.25) is 0 Å². The van der Waals surface area contributed by atoms with Crippen molar-refractivity contribution in [2.24, 2.45) is 0 Å².